The molecule has 0 bridgehead atoms. The Morgan fingerprint density at radius 2 is 1.54 bits per heavy atom. The van der Waals surface area contributed by atoms with Crippen molar-refractivity contribution in [3.63, 3.8) is 0 Å². The third-order valence-electron chi connectivity index (χ3n) is 3.56. The lowest BCUT2D eigenvalue weighted by Gasteiger charge is -2.08. The van der Waals surface area contributed by atoms with Crippen LogP contribution in [0.25, 0.3) is 16.9 Å². The second kappa shape index (κ2) is 6.03. The Kier molecular flexibility index (Phi) is 4.04. The molecule has 0 aliphatic heterocycles. The minimum Gasteiger partial charge on any atom is -0.267 e. The summed E-state index contributed by atoms with van der Waals surface area (Å²) in [6.07, 6.45) is 0. The largest absolute Gasteiger partial charge is 0.271 e. The fourth-order valence-electron chi connectivity index (χ4n) is 2.25. The number of hydrogen-bond donors (Lipinski definition) is 1. The van der Waals surface area contributed by atoms with Gasteiger partial charge in [0, 0.05) is 11.6 Å². The van der Waals surface area contributed by atoms with Crippen LogP contribution in [0.2, 0.25) is 0 Å². The quantitative estimate of drug-likeness (QED) is 0.786. The number of benzene rings is 2. The molecule has 3 rings (SSSR count). The molecule has 0 aliphatic rings. The first-order valence-corrected chi connectivity index (χ1v) is 8.70. The summed E-state index contributed by atoms with van der Waals surface area (Å²) in [6.45, 7) is 1.99. The summed E-state index contributed by atoms with van der Waals surface area (Å²) >= 11 is 0. The Balaban J connectivity index is 2.06. The number of nitrogens with two attached hydrogens (primary N) is 1. The molecule has 0 saturated carbocycles. The zero-order valence-corrected chi connectivity index (χ0v) is 13.7. The van der Waals surface area contributed by atoms with Crippen LogP contribution in [0, 0.1) is 6.92 Å². The molecule has 0 fully saturated rings. The summed E-state index contributed by atoms with van der Waals surface area (Å²) in [6, 6.07) is 16.5. The Bertz CT molecular complexity index is 1040. The number of nitrogens with zero attached hydrogens (tertiary/aromatic N) is 2. The Hall–Kier alpha value is -2.77. The van der Waals surface area contributed by atoms with Gasteiger partial charge >= 0.3 is 0 Å². The number of sulfonamides is 1. The van der Waals surface area contributed by atoms with Crippen LogP contribution in [0.5, 0.6) is 0 Å². The van der Waals surface area contributed by atoms with Crippen molar-refractivity contribution in [1.82, 2.24) is 9.78 Å². The van der Waals surface area contributed by atoms with Crippen molar-refractivity contribution in [2.24, 2.45) is 5.14 Å². The predicted molar refractivity (Wildman–Crippen MR) is 91.4 cm³/mol. The summed E-state index contributed by atoms with van der Waals surface area (Å²) in [5, 5.41) is 9.43. The standard InChI is InChI=1S/C17H15N3O3S/c1-12-2-4-13(5-3-12)16-10-11-17(21)20(19-16)14-6-8-15(9-7-14)24(18,22)23/h2-11H,1H3,(H2,18,22,23). The zero-order valence-electron chi connectivity index (χ0n) is 12.9. The Morgan fingerprint density at radius 1 is 0.917 bits per heavy atom. The van der Waals surface area contributed by atoms with Gasteiger partial charge in [-0.15, -0.1) is 0 Å². The minimum absolute atomic E-state index is 0.0195. The van der Waals surface area contributed by atoms with Crippen LogP contribution in [-0.2, 0) is 10.0 Å². The van der Waals surface area contributed by atoms with Crippen LogP contribution >= 0.6 is 0 Å². The maximum Gasteiger partial charge on any atom is 0.271 e. The van der Waals surface area contributed by atoms with E-state index in [-0.39, 0.29) is 10.5 Å². The zero-order chi connectivity index (χ0) is 17.3. The van der Waals surface area contributed by atoms with E-state index in [2.05, 4.69) is 5.10 Å². The molecule has 0 amide bonds. The van der Waals surface area contributed by atoms with Crippen LogP contribution in [0.15, 0.2) is 70.4 Å². The van der Waals surface area contributed by atoms with Crippen LogP contribution in [0.1, 0.15) is 5.56 Å². The van der Waals surface area contributed by atoms with Crippen LogP contribution < -0.4 is 10.7 Å². The lowest BCUT2D eigenvalue weighted by Crippen LogP contribution is -2.20. The molecule has 2 N–H and O–H groups in total. The van der Waals surface area contributed by atoms with Gasteiger partial charge in [-0.05, 0) is 37.3 Å². The molecule has 0 atom stereocenters. The molecule has 0 unspecified atom stereocenters. The van der Waals surface area contributed by atoms with Crippen LogP contribution in [0.3, 0.4) is 0 Å². The van der Waals surface area contributed by atoms with E-state index in [1.807, 2.05) is 31.2 Å². The third-order valence-corrected chi connectivity index (χ3v) is 4.49. The van der Waals surface area contributed by atoms with Crippen LogP contribution in [0.4, 0.5) is 0 Å². The number of aryl methyl sites for hydroxylation is 1. The van der Waals surface area contributed by atoms with Gasteiger partial charge in [-0.25, -0.2) is 13.6 Å². The highest BCUT2D eigenvalue weighted by molar-refractivity contribution is 7.89. The fourth-order valence-corrected chi connectivity index (χ4v) is 2.77. The highest BCUT2D eigenvalue weighted by atomic mass is 32.2. The van der Waals surface area contributed by atoms with Crippen molar-refractivity contribution in [3.8, 4) is 16.9 Å². The van der Waals surface area contributed by atoms with Crippen LogP contribution in [-0.4, -0.2) is 18.2 Å². The molecule has 24 heavy (non-hydrogen) atoms. The summed E-state index contributed by atoms with van der Waals surface area (Å²) in [4.78, 5) is 12.1. The lowest BCUT2D eigenvalue weighted by molar-refractivity contribution is 0.597. The van der Waals surface area contributed by atoms with E-state index in [1.165, 1.54) is 35.0 Å². The average molecular weight is 341 g/mol. The smallest absolute Gasteiger partial charge is 0.267 e. The maximum atomic E-state index is 12.1. The molecular weight excluding hydrogens is 326 g/mol. The van der Waals surface area contributed by atoms with Gasteiger partial charge in [-0.2, -0.15) is 9.78 Å². The molecule has 1 heterocycles. The predicted octanol–water partition coefficient (Wildman–Crippen LogP) is 1.86. The minimum atomic E-state index is -3.77. The molecule has 122 valence electrons. The van der Waals surface area contributed by atoms with Crippen molar-refractivity contribution in [1.29, 1.82) is 0 Å². The summed E-state index contributed by atoms with van der Waals surface area (Å²) < 4.78 is 23.8. The van der Waals surface area contributed by atoms with E-state index in [0.29, 0.717) is 11.4 Å². The molecule has 0 saturated heterocycles. The molecule has 0 spiro atoms. The number of rotatable bonds is 3. The third kappa shape index (κ3) is 3.27. The second-order valence-corrected chi connectivity index (χ2v) is 6.93. The van der Waals surface area contributed by atoms with E-state index in [1.54, 1.807) is 6.07 Å². The summed E-state index contributed by atoms with van der Waals surface area (Å²) in [5.74, 6) is 0. The fraction of sp³-hybridized carbons (Fsp3) is 0.0588. The molecule has 2 aromatic carbocycles. The normalized spacial score (nSPS) is 11.4. The van der Waals surface area contributed by atoms with Crippen molar-refractivity contribution in [3.05, 3.63) is 76.6 Å². The first kappa shape index (κ1) is 16.1. The van der Waals surface area contributed by atoms with E-state index >= 15 is 0 Å². The van der Waals surface area contributed by atoms with E-state index in [0.717, 1.165) is 11.1 Å². The summed E-state index contributed by atoms with van der Waals surface area (Å²) in [5.41, 5.74) is 2.81. The molecule has 6 nitrogen and oxygen atoms in total. The van der Waals surface area contributed by atoms with E-state index in [9.17, 15) is 13.2 Å². The van der Waals surface area contributed by atoms with Gasteiger partial charge < -0.3 is 0 Å². The van der Waals surface area contributed by atoms with Gasteiger partial charge in [0.2, 0.25) is 10.0 Å². The topological polar surface area (TPSA) is 95.0 Å². The molecule has 1 aromatic heterocycles. The van der Waals surface area contributed by atoms with Gasteiger partial charge in [-0.1, -0.05) is 29.8 Å². The summed E-state index contributed by atoms with van der Waals surface area (Å²) in [7, 11) is -3.77. The van der Waals surface area contributed by atoms with Crippen molar-refractivity contribution >= 4 is 10.0 Å². The maximum absolute atomic E-state index is 12.1. The molecular formula is C17H15N3O3S. The van der Waals surface area contributed by atoms with Crippen molar-refractivity contribution in [2.45, 2.75) is 11.8 Å². The monoisotopic (exact) mass is 341 g/mol. The average Bonchev–Trinajstić information content (AvgIpc) is 2.55. The van der Waals surface area contributed by atoms with Gasteiger partial charge in [0.25, 0.3) is 5.56 Å². The van der Waals surface area contributed by atoms with Gasteiger partial charge in [-0.3, -0.25) is 4.79 Å². The molecule has 0 radical (unpaired) electrons. The first-order valence-electron chi connectivity index (χ1n) is 7.15. The van der Waals surface area contributed by atoms with Gasteiger partial charge in [0.05, 0.1) is 16.3 Å². The number of primary sulfonamides is 1. The van der Waals surface area contributed by atoms with Gasteiger partial charge in [0.1, 0.15) is 0 Å². The molecule has 3 aromatic rings. The SMILES string of the molecule is Cc1ccc(-c2ccc(=O)n(-c3ccc(S(N)(=O)=O)cc3)n2)cc1. The van der Waals surface area contributed by atoms with E-state index in [4.69, 9.17) is 5.14 Å². The first-order chi connectivity index (χ1) is 11.3. The van der Waals surface area contributed by atoms with Gasteiger partial charge in [0.15, 0.2) is 0 Å². The molecule has 7 heteroatoms. The molecule has 0 aliphatic carbocycles. The Morgan fingerprint density at radius 3 is 2.12 bits per heavy atom. The lowest BCUT2D eigenvalue weighted by atomic mass is 10.1. The Labute approximate surface area is 139 Å². The highest BCUT2D eigenvalue weighted by Gasteiger charge is 2.09. The highest BCUT2D eigenvalue weighted by Crippen LogP contribution is 2.17. The van der Waals surface area contributed by atoms with Crippen molar-refractivity contribution in [2.75, 3.05) is 0 Å². The number of aromatic nitrogens is 2. The van der Waals surface area contributed by atoms with E-state index < -0.39 is 10.0 Å². The number of hydrogen-bond acceptors (Lipinski definition) is 4. The van der Waals surface area contributed by atoms with Crippen molar-refractivity contribution < 1.29 is 8.42 Å². The second-order valence-electron chi connectivity index (χ2n) is 5.37.